The zero-order chi connectivity index (χ0) is 26.1. The van der Waals surface area contributed by atoms with Gasteiger partial charge in [-0.3, -0.25) is 14.2 Å². The standard InChI is InChI=1S/C27H28ClN3O6/c1-35-20-4-3-5-21(36-2)24(20)31-22(15-37-19-10-11-19)29-25(32)23(27(31)34)26(33)30-13-12-17(14-30)16-6-8-18(28)9-7-16/h3-9,17,19,34H,10-15H2,1-2H3. The van der Waals surface area contributed by atoms with Crippen molar-refractivity contribution in [2.75, 3.05) is 27.3 Å². The van der Waals surface area contributed by atoms with Crippen molar-refractivity contribution in [3.8, 4) is 23.1 Å². The van der Waals surface area contributed by atoms with Crippen LogP contribution >= 0.6 is 11.6 Å². The topological polar surface area (TPSA) is 103 Å². The molecule has 0 spiro atoms. The van der Waals surface area contributed by atoms with Crippen molar-refractivity contribution in [3.63, 3.8) is 0 Å². The smallest absolute Gasteiger partial charge is 0.289 e. The fourth-order valence-electron chi connectivity index (χ4n) is 4.66. The van der Waals surface area contributed by atoms with Crippen molar-refractivity contribution in [2.45, 2.75) is 37.9 Å². The van der Waals surface area contributed by atoms with Crippen LogP contribution in [-0.4, -0.2) is 58.9 Å². The molecule has 5 rings (SSSR count). The summed E-state index contributed by atoms with van der Waals surface area (Å²) in [5.74, 6) is -0.126. The SMILES string of the molecule is COc1cccc(OC)c1-n1c(COC2CC2)nc(=O)c(C(=O)N2CCC(c3ccc(Cl)cc3)C2)c1O. The van der Waals surface area contributed by atoms with Crippen LogP contribution in [0.25, 0.3) is 5.69 Å². The highest BCUT2D eigenvalue weighted by Crippen LogP contribution is 2.37. The summed E-state index contributed by atoms with van der Waals surface area (Å²) >= 11 is 6.01. The third kappa shape index (κ3) is 5.01. The predicted molar refractivity (Wildman–Crippen MR) is 137 cm³/mol. The Morgan fingerprint density at radius 3 is 2.38 bits per heavy atom. The van der Waals surface area contributed by atoms with Crippen LogP contribution in [0.1, 0.15) is 46.9 Å². The molecule has 1 saturated carbocycles. The molecule has 2 fully saturated rings. The molecule has 37 heavy (non-hydrogen) atoms. The van der Waals surface area contributed by atoms with Crippen LogP contribution in [0.3, 0.4) is 0 Å². The fourth-order valence-corrected chi connectivity index (χ4v) is 4.79. The van der Waals surface area contributed by atoms with Crippen molar-refractivity contribution in [1.29, 1.82) is 0 Å². The van der Waals surface area contributed by atoms with Gasteiger partial charge in [0.2, 0.25) is 5.88 Å². The molecule has 2 aromatic carbocycles. The Balaban J connectivity index is 1.55. The zero-order valence-corrected chi connectivity index (χ0v) is 21.4. The third-order valence-corrected chi connectivity index (χ3v) is 7.02. The Labute approximate surface area is 219 Å². The average molecular weight is 526 g/mol. The predicted octanol–water partition coefficient (Wildman–Crippen LogP) is 3.92. The number of carbonyl (C=O) groups is 1. The van der Waals surface area contributed by atoms with E-state index in [9.17, 15) is 14.7 Å². The molecule has 9 nitrogen and oxygen atoms in total. The summed E-state index contributed by atoms with van der Waals surface area (Å²) in [6, 6.07) is 12.6. The van der Waals surface area contributed by atoms with Gasteiger partial charge < -0.3 is 24.2 Å². The lowest BCUT2D eigenvalue weighted by Gasteiger charge is -2.22. The molecule has 1 atom stereocenters. The highest BCUT2D eigenvalue weighted by Gasteiger charge is 2.34. The van der Waals surface area contributed by atoms with E-state index < -0.39 is 22.9 Å². The number of hydrogen-bond acceptors (Lipinski definition) is 7. The van der Waals surface area contributed by atoms with E-state index in [-0.39, 0.29) is 24.5 Å². The molecule has 194 valence electrons. The maximum Gasteiger partial charge on any atom is 0.289 e. The van der Waals surface area contributed by atoms with Gasteiger partial charge in [-0.1, -0.05) is 29.8 Å². The van der Waals surface area contributed by atoms with Gasteiger partial charge in [0.15, 0.2) is 5.56 Å². The van der Waals surface area contributed by atoms with E-state index in [2.05, 4.69) is 4.98 Å². The van der Waals surface area contributed by atoms with Gasteiger partial charge >= 0.3 is 0 Å². The summed E-state index contributed by atoms with van der Waals surface area (Å²) in [6.07, 6.45) is 2.66. The quantitative estimate of drug-likeness (QED) is 0.475. The van der Waals surface area contributed by atoms with Gasteiger partial charge in [0.1, 0.15) is 29.6 Å². The first kappa shape index (κ1) is 25.1. The van der Waals surface area contributed by atoms with Crippen LogP contribution in [0, 0.1) is 0 Å². The maximum absolute atomic E-state index is 13.6. The first-order chi connectivity index (χ1) is 17.9. The molecule has 1 amide bonds. The van der Waals surface area contributed by atoms with Gasteiger partial charge in [-0.25, -0.2) is 0 Å². The number of likely N-dealkylation sites (tertiary alicyclic amines) is 1. The van der Waals surface area contributed by atoms with Crippen LogP contribution < -0.4 is 15.0 Å². The number of nitrogens with zero attached hydrogens (tertiary/aromatic N) is 3. The van der Waals surface area contributed by atoms with E-state index in [0.29, 0.717) is 35.3 Å². The minimum Gasteiger partial charge on any atom is -0.494 e. The Hall–Kier alpha value is -3.56. The van der Waals surface area contributed by atoms with Crippen molar-refractivity contribution in [1.82, 2.24) is 14.5 Å². The van der Waals surface area contributed by atoms with Gasteiger partial charge in [0.25, 0.3) is 11.5 Å². The maximum atomic E-state index is 13.6. The normalized spacial score (nSPS) is 17.2. The van der Waals surface area contributed by atoms with Crippen molar-refractivity contribution in [3.05, 3.63) is 74.8 Å². The van der Waals surface area contributed by atoms with Crippen LogP contribution in [-0.2, 0) is 11.3 Å². The lowest BCUT2D eigenvalue weighted by molar-refractivity contribution is 0.0780. The molecule has 1 N–H and O–H groups in total. The summed E-state index contributed by atoms with van der Waals surface area (Å²) in [5.41, 5.74) is 0.170. The molecule has 0 radical (unpaired) electrons. The number of carbonyl (C=O) groups excluding carboxylic acids is 1. The van der Waals surface area contributed by atoms with Gasteiger partial charge in [-0.15, -0.1) is 0 Å². The van der Waals surface area contributed by atoms with Crippen molar-refractivity contribution >= 4 is 17.5 Å². The molecular weight excluding hydrogens is 498 g/mol. The number of hydrogen-bond donors (Lipinski definition) is 1. The molecule has 1 aliphatic carbocycles. The molecule has 1 aromatic heterocycles. The summed E-state index contributed by atoms with van der Waals surface area (Å²) in [6.45, 7) is 0.824. The minimum absolute atomic E-state index is 0.0223. The van der Waals surface area contributed by atoms with Crippen LogP contribution in [0.2, 0.25) is 5.02 Å². The molecular formula is C27H28ClN3O6. The Morgan fingerprint density at radius 2 is 1.76 bits per heavy atom. The van der Waals surface area contributed by atoms with Crippen LogP contribution in [0.5, 0.6) is 17.4 Å². The largest absolute Gasteiger partial charge is 0.494 e. The molecule has 0 bridgehead atoms. The summed E-state index contributed by atoms with van der Waals surface area (Å²) < 4.78 is 18.2. The first-order valence-corrected chi connectivity index (χ1v) is 12.5. The number of aromatic hydroxyl groups is 1. The molecule has 2 aliphatic rings. The lowest BCUT2D eigenvalue weighted by Crippen LogP contribution is -2.35. The molecule has 10 heteroatoms. The third-order valence-electron chi connectivity index (χ3n) is 6.77. The second kappa shape index (κ2) is 10.4. The number of aromatic nitrogens is 2. The van der Waals surface area contributed by atoms with Crippen LogP contribution in [0.15, 0.2) is 47.3 Å². The van der Waals surface area contributed by atoms with Gasteiger partial charge in [-0.05, 0) is 49.1 Å². The Kier molecular flexibility index (Phi) is 7.08. The number of rotatable bonds is 8. The highest BCUT2D eigenvalue weighted by atomic mass is 35.5. The fraction of sp³-hybridized carbons (Fsp3) is 0.370. The minimum atomic E-state index is -0.808. The lowest BCUT2D eigenvalue weighted by atomic mass is 9.99. The summed E-state index contributed by atoms with van der Waals surface area (Å²) in [4.78, 5) is 32.5. The number of para-hydroxylation sites is 1. The van der Waals surface area contributed by atoms with E-state index >= 15 is 0 Å². The number of halogens is 1. The molecule has 1 unspecified atom stereocenters. The van der Waals surface area contributed by atoms with E-state index in [4.69, 9.17) is 25.8 Å². The Morgan fingerprint density at radius 1 is 1.08 bits per heavy atom. The average Bonchev–Trinajstić information content (AvgIpc) is 3.60. The number of amides is 1. The van der Waals surface area contributed by atoms with Gasteiger partial charge in [0.05, 0.1) is 20.3 Å². The summed E-state index contributed by atoms with van der Waals surface area (Å²) in [7, 11) is 2.97. The first-order valence-electron chi connectivity index (χ1n) is 12.1. The second-order valence-electron chi connectivity index (χ2n) is 9.18. The van der Waals surface area contributed by atoms with E-state index in [1.807, 2.05) is 24.3 Å². The van der Waals surface area contributed by atoms with Crippen molar-refractivity contribution < 1.29 is 24.1 Å². The number of benzene rings is 2. The van der Waals surface area contributed by atoms with Gasteiger partial charge in [0, 0.05) is 24.0 Å². The zero-order valence-electron chi connectivity index (χ0n) is 20.6. The monoisotopic (exact) mass is 525 g/mol. The highest BCUT2D eigenvalue weighted by molar-refractivity contribution is 6.30. The molecule has 1 saturated heterocycles. The molecule has 2 heterocycles. The van der Waals surface area contributed by atoms with E-state index in [0.717, 1.165) is 24.8 Å². The summed E-state index contributed by atoms with van der Waals surface area (Å²) in [5, 5.41) is 12.1. The number of ether oxygens (including phenoxy) is 3. The number of methoxy groups -OCH3 is 2. The van der Waals surface area contributed by atoms with Crippen LogP contribution in [0.4, 0.5) is 0 Å². The van der Waals surface area contributed by atoms with E-state index in [1.165, 1.54) is 18.8 Å². The molecule has 3 aromatic rings. The molecule has 1 aliphatic heterocycles. The second-order valence-corrected chi connectivity index (χ2v) is 9.61. The van der Waals surface area contributed by atoms with E-state index in [1.54, 1.807) is 23.1 Å². The van der Waals surface area contributed by atoms with Crippen molar-refractivity contribution in [2.24, 2.45) is 0 Å². The Bertz CT molecular complexity index is 1350. The van der Waals surface area contributed by atoms with Gasteiger partial charge in [-0.2, -0.15) is 4.98 Å².